The first-order valence-electron chi connectivity index (χ1n) is 10.9. The molecule has 0 aromatic heterocycles. The molecule has 2 N–H and O–H groups in total. The topological polar surface area (TPSA) is 69.6 Å². The van der Waals surface area contributed by atoms with Gasteiger partial charge in [0, 0.05) is 28.5 Å². The van der Waals surface area contributed by atoms with Gasteiger partial charge in [-0.3, -0.25) is 9.59 Å². The van der Waals surface area contributed by atoms with E-state index in [1.807, 2.05) is 44.2 Å². The third kappa shape index (κ3) is 5.37. The van der Waals surface area contributed by atoms with Crippen LogP contribution in [0.4, 0.5) is 11.4 Å². The molecule has 0 aliphatic rings. The fourth-order valence-corrected chi connectivity index (χ4v) is 4.05. The van der Waals surface area contributed by atoms with E-state index in [-0.39, 0.29) is 0 Å². The second-order valence-corrected chi connectivity index (χ2v) is 8.65. The van der Waals surface area contributed by atoms with Crippen LogP contribution in [0.1, 0.15) is 40.9 Å². The number of anilines is 2. The van der Waals surface area contributed by atoms with Crippen LogP contribution >= 0.6 is 11.6 Å². The summed E-state index contributed by atoms with van der Waals surface area (Å²) in [6.45, 7) is 10.3. The highest BCUT2D eigenvalue weighted by atomic mass is 35.5. The number of hydrogen-bond donors (Lipinski definition) is 2. The van der Waals surface area contributed by atoms with Crippen LogP contribution in [0, 0.1) is 20.8 Å². The van der Waals surface area contributed by atoms with Gasteiger partial charge in [-0.25, -0.2) is 0 Å². The zero-order valence-corrected chi connectivity index (χ0v) is 20.3. The Hall–Kier alpha value is -3.31. The standard InChI is InChI=1S/C27H29ClN2O3/c1-6-30(25-14-17(3)24(28)13-18(25)4)22-9-7-8-20(15-22)21-10-11-23(16(2)12-21)26(31)29-19(5)27(32)33/h7-15,19H,6H2,1-5H3,(H,29,31)(H,32,33). The van der Waals surface area contributed by atoms with Crippen LogP contribution in [-0.2, 0) is 4.79 Å². The Bertz CT molecular complexity index is 1210. The number of halogens is 1. The lowest BCUT2D eigenvalue weighted by molar-refractivity contribution is -0.138. The van der Waals surface area contributed by atoms with Crippen molar-refractivity contribution in [1.82, 2.24) is 5.32 Å². The molecule has 1 amide bonds. The molecule has 0 spiro atoms. The van der Waals surface area contributed by atoms with Gasteiger partial charge in [0.05, 0.1) is 0 Å². The van der Waals surface area contributed by atoms with Crippen LogP contribution < -0.4 is 10.2 Å². The molecule has 33 heavy (non-hydrogen) atoms. The quantitative estimate of drug-likeness (QED) is 0.431. The minimum Gasteiger partial charge on any atom is -0.480 e. The van der Waals surface area contributed by atoms with Gasteiger partial charge in [0.25, 0.3) is 5.91 Å². The van der Waals surface area contributed by atoms with Crippen LogP contribution in [-0.4, -0.2) is 29.6 Å². The lowest BCUT2D eigenvalue weighted by Gasteiger charge is -2.26. The molecule has 3 aromatic carbocycles. The van der Waals surface area contributed by atoms with Crippen LogP contribution in [0.15, 0.2) is 54.6 Å². The van der Waals surface area contributed by atoms with Gasteiger partial charge in [-0.2, -0.15) is 0 Å². The lowest BCUT2D eigenvalue weighted by Crippen LogP contribution is -2.38. The molecule has 0 fully saturated rings. The number of carboxylic acids is 1. The second-order valence-electron chi connectivity index (χ2n) is 8.25. The average molecular weight is 465 g/mol. The SMILES string of the molecule is CCN(c1cccc(-c2ccc(C(=O)NC(C)C(=O)O)c(C)c2)c1)c1cc(C)c(Cl)cc1C. The van der Waals surface area contributed by atoms with Crippen molar-refractivity contribution in [1.29, 1.82) is 0 Å². The van der Waals surface area contributed by atoms with Crippen LogP contribution in [0.3, 0.4) is 0 Å². The summed E-state index contributed by atoms with van der Waals surface area (Å²) in [6.07, 6.45) is 0. The van der Waals surface area contributed by atoms with Crippen LogP contribution in [0.2, 0.25) is 5.02 Å². The molecule has 1 atom stereocenters. The Morgan fingerprint density at radius 1 is 0.970 bits per heavy atom. The molecule has 0 radical (unpaired) electrons. The maximum Gasteiger partial charge on any atom is 0.325 e. The number of carboxylic acid groups (broad SMARTS) is 1. The van der Waals surface area contributed by atoms with E-state index in [2.05, 4.69) is 42.3 Å². The molecule has 5 nitrogen and oxygen atoms in total. The zero-order valence-electron chi connectivity index (χ0n) is 19.6. The summed E-state index contributed by atoms with van der Waals surface area (Å²) in [5, 5.41) is 12.3. The number of hydrogen-bond acceptors (Lipinski definition) is 3. The molecule has 0 aliphatic carbocycles. The summed E-state index contributed by atoms with van der Waals surface area (Å²) in [5.74, 6) is -1.46. The summed E-state index contributed by atoms with van der Waals surface area (Å²) >= 11 is 6.30. The number of nitrogens with one attached hydrogen (secondary N) is 1. The Morgan fingerprint density at radius 3 is 2.30 bits per heavy atom. The first kappa shape index (κ1) is 24.3. The minimum absolute atomic E-state index is 0.395. The number of aryl methyl sites for hydroxylation is 3. The Kier molecular flexibility index (Phi) is 7.44. The summed E-state index contributed by atoms with van der Waals surface area (Å²) < 4.78 is 0. The molecule has 0 saturated heterocycles. The van der Waals surface area contributed by atoms with Gasteiger partial charge in [0.15, 0.2) is 0 Å². The second kappa shape index (κ2) is 10.1. The van der Waals surface area contributed by atoms with E-state index in [0.29, 0.717) is 5.56 Å². The Balaban J connectivity index is 1.93. The monoisotopic (exact) mass is 464 g/mol. The van der Waals surface area contributed by atoms with Crippen molar-refractivity contribution in [3.63, 3.8) is 0 Å². The van der Waals surface area contributed by atoms with Crippen molar-refractivity contribution in [2.45, 2.75) is 40.7 Å². The number of aliphatic carboxylic acids is 1. The number of rotatable bonds is 7. The third-order valence-electron chi connectivity index (χ3n) is 5.76. The molecule has 3 rings (SSSR count). The number of carbonyl (C=O) groups excluding carboxylic acids is 1. The lowest BCUT2D eigenvalue weighted by atomic mass is 9.98. The van der Waals surface area contributed by atoms with Gasteiger partial charge >= 0.3 is 5.97 Å². The average Bonchev–Trinajstić information content (AvgIpc) is 2.77. The third-order valence-corrected chi connectivity index (χ3v) is 6.17. The van der Waals surface area contributed by atoms with E-state index in [4.69, 9.17) is 16.7 Å². The zero-order chi connectivity index (χ0) is 24.3. The van der Waals surface area contributed by atoms with Crippen molar-refractivity contribution in [2.24, 2.45) is 0 Å². The van der Waals surface area contributed by atoms with Gasteiger partial charge in [-0.1, -0.05) is 35.9 Å². The van der Waals surface area contributed by atoms with E-state index in [0.717, 1.165) is 50.8 Å². The number of benzene rings is 3. The van der Waals surface area contributed by atoms with Crippen LogP contribution in [0.25, 0.3) is 11.1 Å². The predicted octanol–water partition coefficient (Wildman–Crippen LogP) is 6.29. The number of amides is 1. The maximum absolute atomic E-state index is 12.5. The van der Waals surface area contributed by atoms with E-state index < -0.39 is 17.9 Å². The first-order chi connectivity index (χ1) is 15.6. The fourth-order valence-electron chi connectivity index (χ4n) is 3.84. The van der Waals surface area contributed by atoms with Crippen molar-refractivity contribution in [3.05, 3.63) is 81.9 Å². The van der Waals surface area contributed by atoms with Crippen molar-refractivity contribution < 1.29 is 14.7 Å². The molecule has 0 heterocycles. The van der Waals surface area contributed by atoms with Gasteiger partial charge in [0.2, 0.25) is 0 Å². The molecular formula is C27H29ClN2O3. The molecular weight excluding hydrogens is 436 g/mol. The number of nitrogens with zero attached hydrogens (tertiary/aromatic N) is 1. The molecule has 3 aromatic rings. The van der Waals surface area contributed by atoms with Gasteiger partial charge in [0.1, 0.15) is 6.04 Å². The van der Waals surface area contributed by atoms with E-state index in [1.54, 1.807) is 6.07 Å². The van der Waals surface area contributed by atoms with E-state index >= 15 is 0 Å². The van der Waals surface area contributed by atoms with Gasteiger partial charge in [-0.05, 0) is 92.8 Å². The maximum atomic E-state index is 12.5. The minimum atomic E-state index is -1.07. The Morgan fingerprint density at radius 2 is 1.67 bits per heavy atom. The smallest absolute Gasteiger partial charge is 0.325 e. The Labute approximate surface area is 200 Å². The van der Waals surface area contributed by atoms with Crippen molar-refractivity contribution >= 4 is 34.9 Å². The van der Waals surface area contributed by atoms with Crippen molar-refractivity contribution in [3.8, 4) is 11.1 Å². The number of carbonyl (C=O) groups is 2. The summed E-state index contributed by atoms with van der Waals surface area (Å²) in [7, 11) is 0. The molecule has 172 valence electrons. The fraction of sp³-hybridized carbons (Fsp3) is 0.259. The van der Waals surface area contributed by atoms with E-state index in [9.17, 15) is 9.59 Å². The first-order valence-corrected chi connectivity index (χ1v) is 11.3. The highest BCUT2D eigenvalue weighted by Gasteiger charge is 2.17. The summed E-state index contributed by atoms with van der Waals surface area (Å²) in [5.41, 5.74) is 7.59. The highest BCUT2D eigenvalue weighted by molar-refractivity contribution is 6.31. The molecule has 0 bridgehead atoms. The largest absolute Gasteiger partial charge is 0.480 e. The van der Waals surface area contributed by atoms with Gasteiger partial charge < -0.3 is 15.3 Å². The molecule has 0 aliphatic heterocycles. The van der Waals surface area contributed by atoms with Gasteiger partial charge in [-0.15, -0.1) is 0 Å². The highest BCUT2D eigenvalue weighted by Crippen LogP contribution is 2.34. The van der Waals surface area contributed by atoms with Crippen molar-refractivity contribution in [2.75, 3.05) is 11.4 Å². The summed E-state index contributed by atoms with van der Waals surface area (Å²) in [6, 6.07) is 17.0. The molecule has 0 saturated carbocycles. The molecule has 6 heteroatoms. The molecule has 1 unspecified atom stereocenters. The summed E-state index contributed by atoms with van der Waals surface area (Å²) in [4.78, 5) is 25.7. The van der Waals surface area contributed by atoms with E-state index in [1.165, 1.54) is 6.92 Å². The van der Waals surface area contributed by atoms with Crippen LogP contribution in [0.5, 0.6) is 0 Å². The normalized spacial score (nSPS) is 11.7. The predicted molar refractivity (Wildman–Crippen MR) is 135 cm³/mol.